The number of carbonyl (C=O) groups excluding carboxylic acids is 1. The first-order valence-electron chi connectivity index (χ1n) is 11.9. The van der Waals surface area contributed by atoms with Crippen LogP contribution in [0.15, 0.2) is 53.5 Å². The molecule has 0 bridgehead atoms. The smallest absolute Gasteiger partial charge is 0.269 e. The molecule has 8 heteroatoms. The van der Waals surface area contributed by atoms with Gasteiger partial charge in [0.15, 0.2) is 0 Å². The van der Waals surface area contributed by atoms with E-state index in [2.05, 4.69) is 34.1 Å². The van der Waals surface area contributed by atoms with Crippen LogP contribution >= 0.6 is 23.2 Å². The zero-order valence-electron chi connectivity index (χ0n) is 19.0. The molecular weight excluding hydrogens is 471 g/mol. The molecule has 0 saturated carbocycles. The Labute approximate surface area is 209 Å². The Morgan fingerprint density at radius 3 is 2.50 bits per heavy atom. The van der Waals surface area contributed by atoms with Crippen molar-refractivity contribution in [3.8, 4) is 0 Å². The molecule has 2 saturated heterocycles. The van der Waals surface area contributed by atoms with Crippen molar-refractivity contribution in [3.63, 3.8) is 0 Å². The summed E-state index contributed by atoms with van der Waals surface area (Å²) < 4.78 is 1.46. The molecule has 0 N–H and O–H groups in total. The summed E-state index contributed by atoms with van der Waals surface area (Å²) in [6.45, 7) is 3.67. The van der Waals surface area contributed by atoms with E-state index in [0.29, 0.717) is 27.6 Å². The SMILES string of the molecule is O=C(Cn1c(=O)cnc2cc(Cl)c(Cl)cc21)N1CCC[C@H](c2ccccc2)[C@@H]1CN1CCCC1. The third-order valence-corrected chi connectivity index (χ3v) is 7.87. The molecule has 1 aromatic heterocycles. The van der Waals surface area contributed by atoms with E-state index >= 15 is 0 Å². The topological polar surface area (TPSA) is 58.4 Å². The molecule has 0 radical (unpaired) electrons. The van der Waals surface area contributed by atoms with Gasteiger partial charge in [-0.1, -0.05) is 53.5 Å². The fourth-order valence-corrected chi connectivity index (χ4v) is 5.77. The largest absolute Gasteiger partial charge is 0.336 e. The van der Waals surface area contributed by atoms with Crippen LogP contribution in [0.25, 0.3) is 11.0 Å². The third kappa shape index (κ3) is 4.72. The van der Waals surface area contributed by atoms with Gasteiger partial charge in [-0.05, 0) is 56.5 Å². The van der Waals surface area contributed by atoms with Gasteiger partial charge in [0, 0.05) is 19.0 Å². The first-order chi connectivity index (χ1) is 16.5. The average Bonchev–Trinajstić information content (AvgIpc) is 3.36. The zero-order valence-corrected chi connectivity index (χ0v) is 20.5. The van der Waals surface area contributed by atoms with Crippen LogP contribution in [0, 0.1) is 0 Å². The predicted octanol–water partition coefficient (Wildman–Crippen LogP) is 4.57. The highest BCUT2D eigenvalue weighted by Crippen LogP contribution is 2.34. The van der Waals surface area contributed by atoms with Crippen molar-refractivity contribution in [2.45, 2.75) is 44.2 Å². The maximum atomic E-state index is 13.7. The number of hydrogen-bond donors (Lipinski definition) is 0. The maximum Gasteiger partial charge on any atom is 0.269 e. The molecule has 178 valence electrons. The van der Waals surface area contributed by atoms with Gasteiger partial charge in [0.05, 0.1) is 33.3 Å². The highest BCUT2D eigenvalue weighted by atomic mass is 35.5. The number of nitrogens with zero attached hydrogens (tertiary/aromatic N) is 4. The van der Waals surface area contributed by atoms with Crippen LogP contribution in [0.5, 0.6) is 0 Å². The fraction of sp³-hybridized carbons (Fsp3) is 0.423. The standard InChI is InChI=1S/C26H28Cl2N4O2/c27-20-13-22-23(14-21(20)28)32(25(33)15-29-22)17-26(34)31-12-6-9-19(18-7-2-1-3-8-18)24(31)16-30-10-4-5-11-30/h1-3,7-8,13-15,19,24H,4-6,9-12,16-17H2/t19-,24+/m1/s1. The summed E-state index contributed by atoms with van der Waals surface area (Å²) in [5.41, 5.74) is 2.00. The van der Waals surface area contributed by atoms with E-state index < -0.39 is 0 Å². The molecule has 0 unspecified atom stereocenters. The molecule has 2 fully saturated rings. The second-order valence-corrected chi connectivity index (χ2v) is 10.1. The Morgan fingerprint density at radius 1 is 1.00 bits per heavy atom. The Balaban J connectivity index is 1.47. The quantitative estimate of drug-likeness (QED) is 0.516. The number of fused-ring (bicyclic) bond motifs is 1. The van der Waals surface area contributed by atoms with Gasteiger partial charge >= 0.3 is 0 Å². The van der Waals surface area contributed by atoms with Crippen LogP contribution in [0.4, 0.5) is 0 Å². The normalized spacial score (nSPS) is 21.3. The lowest BCUT2D eigenvalue weighted by atomic mass is 9.83. The maximum absolute atomic E-state index is 13.7. The van der Waals surface area contributed by atoms with Crippen LogP contribution in [0.2, 0.25) is 10.0 Å². The number of hydrogen-bond acceptors (Lipinski definition) is 4. The molecule has 2 aliphatic rings. The average molecular weight is 499 g/mol. The van der Waals surface area contributed by atoms with E-state index in [0.717, 1.165) is 32.5 Å². The lowest BCUT2D eigenvalue weighted by Gasteiger charge is -2.43. The molecule has 1 amide bonds. The summed E-state index contributed by atoms with van der Waals surface area (Å²) in [7, 11) is 0. The van der Waals surface area contributed by atoms with E-state index in [1.165, 1.54) is 29.2 Å². The third-order valence-electron chi connectivity index (χ3n) is 7.15. The van der Waals surface area contributed by atoms with Gasteiger partial charge < -0.3 is 9.80 Å². The molecule has 3 aromatic rings. The molecule has 0 spiro atoms. The fourth-order valence-electron chi connectivity index (χ4n) is 5.46. The van der Waals surface area contributed by atoms with Crippen molar-refractivity contribution < 1.29 is 4.79 Å². The van der Waals surface area contributed by atoms with Crippen molar-refractivity contribution in [1.29, 1.82) is 0 Å². The van der Waals surface area contributed by atoms with Gasteiger partial charge in [-0.2, -0.15) is 0 Å². The van der Waals surface area contributed by atoms with Gasteiger partial charge in [-0.15, -0.1) is 0 Å². The number of amides is 1. The molecule has 2 aromatic carbocycles. The summed E-state index contributed by atoms with van der Waals surface area (Å²) in [5, 5.41) is 0.697. The van der Waals surface area contributed by atoms with E-state index in [4.69, 9.17) is 23.2 Å². The summed E-state index contributed by atoms with van der Waals surface area (Å²) in [6, 6.07) is 13.8. The molecule has 5 rings (SSSR count). The van der Waals surface area contributed by atoms with Crippen molar-refractivity contribution >= 4 is 40.1 Å². The lowest BCUT2D eigenvalue weighted by molar-refractivity contribution is -0.136. The van der Waals surface area contributed by atoms with Crippen molar-refractivity contribution in [2.75, 3.05) is 26.2 Å². The highest BCUT2D eigenvalue weighted by Gasteiger charge is 2.36. The van der Waals surface area contributed by atoms with E-state index in [1.54, 1.807) is 12.1 Å². The monoisotopic (exact) mass is 498 g/mol. The summed E-state index contributed by atoms with van der Waals surface area (Å²) in [6.07, 6.45) is 5.65. The zero-order chi connectivity index (χ0) is 23.7. The van der Waals surface area contributed by atoms with Crippen LogP contribution in [-0.4, -0.2) is 57.5 Å². The first-order valence-corrected chi connectivity index (χ1v) is 12.7. The minimum atomic E-state index is -0.327. The second-order valence-electron chi connectivity index (χ2n) is 9.26. The molecular formula is C26H28Cl2N4O2. The molecule has 6 nitrogen and oxygen atoms in total. The van der Waals surface area contributed by atoms with Crippen LogP contribution in [0.3, 0.4) is 0 Å². The van der Waals surface area contributed by atoms with Crippen molar-refractivity contribution in [2.24, 2.45) is 0 Å². The summed E-state index contributed by atoms with van der Waals surface area (Å²) >= 11 is 12.4. The van der Waals surface area contributed by atoms with Gasteiger partial charge in [0.2, 0.25) is 5.91 Å². The minimum Gasteiger partial charge on any atom is -0.336 e. The van der Waals surface area contributed by atoms with Gasteiger partial charge in [0.25, 0.3) is 5.56 Å². The number of piperidine rings is 1. The van der Waals surface area contributed by atoms with Crippen LogP contribution in [0.1, 0.15) is 37.2 Å². The minimum absolute atomic E-state index is 0.0478. The lowest BCUT2D eigenvalue weighted by Crippen LogP contribution is -2.53. The Kier molecular flexibility index (Phi) is 6.91. The van der Waals surface area contributed by atoms with Crippen LogP contribution < -0.4 is 5.56 Å². The van der Waals surface area contributed by atoms with E-state index in [1.807, 2.05) is 11.0 Å². The number of aromatic nitrogens is 2. The number of carbonyl (C=O) groups is 1. The van der Waals surface area contributed by atoms with Gasteiger partial charge in [-0.25, -0.2) is 4.98 Å². The first kappa shape index (κ1) is 23.3. The van der Waals surface area contributed by atoms with E-state index in [-0.39, 0.29) is 30.0 Å². The summed E-state index contributed by atoms with van der Waals surface area (Å²) in [5.74, 6) is 0.226. The molecule has 2 atom stereocenters. The number of likely N-dealkylation sites (tertiary alicyclic amines) is 2. The Hall–Kier alpha value is -2.41. The van der Waals surface area contributed by atoms with E-state index in [9.17, 15) is 9.59 Å². The van der Waals surface area contributed by atoms with Gasteiger partial charge in [-0.3, -0.25) is 14.2 Å². The summed E-state index contributed by atoms with van der Waals surface area (Å²) in [4.78, 5) is 35.2. The van der Waals surface area contributed by atoms with Crippen molar-refractivity contribution in [3.05, 3.63) is 74.6 Å². The number of halogens is 2. The predicted molar refractivity (Wildman–Crippen MR) is 136 cm³/mol. The molecule has 0 aliphatic carbocycles. The Bertz CT molecular complexity index is 1240. The van der Waals surface area contributed by atoms with Gasteiger partial charge in [0.1, 0.15) is 6.54 Å². The van der Waals surface area contributed by atoms with Crippen LogP contribution in [-0.2, 0) is 11.3 Å². The highest BCUT2D eigenvalue weighted by molar-refractivity contribution is 6.42. The Morgan fingerprint density at radius 2 is 1.74 bits per heavy atom. The number of rotatable bonds is 5. The molecule has 2 aliphatic heterocycles. The second kappa shape index (κ2) is 10.1. The number of benzene rings is 2. The van der Waals surface area contributed by atoms with Crippen molar-refractivity contribution in [1.82, 2.24) is 19.4 Å². The molecule has 34 heavy (non-hydrogen) atoms. The molecule has 3 heterocycles.